The summed E-state index contributed by atoms with van der Waals surface area (Å²) in [6, 6.07) is 12.3. The highest BCUT2D eigenvalue weighted by atomic mass is 32.2. The SMILES string of the molecule is C[C@@H](Sc1n[nH]c(=O)n1CCc1ccccc1)C(=O)N(C)C1(C#N)CCCCC1. The van der Waals surface area contributed by atoms with Gasteiger partial charge >= 0.3 is 5.69 Å². The Bertz CT molecular complexity index is 925. The van der Waals surface area contributed by atoms with E-state index in [0.717, 1.165) is 24.8 Å². The number of H-pyrrole nitrogens is 1. The molecule has 1 aliphatic rings. The number of aryl methyl sites for hydroxylation is 1. The molecule has 1 N–H and O–H groups in total. The van der Waals surface area contributed by atoms with Crippen molar-refractivity contribution < 1.29 is 4.79 Å². The number of amides is 1. The molecule has 1 aliphatic carbocycles. The van der Waals surface area contributed by atoms with Crippen LogP contribution >= 0.6 is 11.8 Å². The van der Waals surface area contributed by atoms with Gasteiger partial charge in [-0.2, -0.15) is 5.26 Å². The number of carbonyl (C=O) groups is 1. The monoisotopic (exact) mass is 413 g/mol. The van der Waals surface area contributed by atoms with Crippen molar-refractivity contribution in [1.29, 1.82) is 5.26 Å². The van der Waals surface area contributed by atoms with Crippen molar-refractivity contribution in [3.63, 3.8) is 0 Å². The fourth-order valence-corrected chi connectivity index (χ4v) is 4.80. The Balaban J connectivity index is 1.69. The number of nitriles is 1. The summed E-state index contributed by atoms with van der Waals surface area (Å²) in [7, 11) is 1.72. The van der Waals surface area contributed by atoms with Crippen molar-refractivity contribution in [3.8, 4) is 6.07 Å². The number of aromatic amines is 1. The molecule has 3 rings (SSSR count). The first-order valence-corrected chi connectivity index (χ1v) is 10.9. The third-order valence-electron chi connectivity index (χ3n) is 5.68. The normalized spacial score (nSPS) is 16.7. The van der Waals surface area contributed by atoms with E-state index >= 15 is 0 Å². The van der Waals surface area contributed by atoms with E-state index in [1.807, 2.05) is 30.3 Å². The molecule has 1 aromatic heterocycles. The molecule has 1 atom stereocenters. The second-order valence-electron chi connectivity index (χ2n) is 7.56. The fraction of sp³-hybridized carbons (Fsp3) is 0.524. The van der Waals surface area contributed by atoms with Crippen molar-refractivity contribution in [2.24, 2.45) is 0 Å². The van der Waals surface area contributed by atoms with Gasteiger partial charge in [-0.25, -0.2) is 9.89 Å². The van der Waals surface area contributed by atoms with Gasteiger partial charge in [0.1, 0.15) is 5.54 Å². The lowest BCUT2D eigenvalue weighted by molar-refractivity contribution is -0.133. The molecule has 0 unspecified atom stereocenters. The van der Waals surface area contributed by atoms with Crippen LogP contribution in [0.3, 0.4) is 0 Å². The number of nitrogens with zero attached hydrogens (tertiary/aromatic N) is 4. The van der Waals surface area contributed by atoms with Crippen molar-refractivity contribution in [3.05, 3.63) is 46.4 Å². The minimum absolute atomic E-state index is 0.108. The van der Waals surface area contributed by atoms with Crippen LogP contribution in [0.1, 0.15) is 44.6 Å². The number of hydrogen-bond acceptors (Lipinski definition) is 5. The lowest BCUT2D eigenvalue weighted by atomic mass is 9.81. The second-order valence-corrected chi connectivity index (χ2v) is 8.87. The van der Waals surface area contributed by atoms with Crippen LogP contribution in [0.4, 0.5) is 0 Å². The Morgan fingerprint density at radius 3 is 2.69 bits per heavy atom. The maximum absolute atomic E-state index is 13.0. The summed E-state index contributed by atoms with van der Waals surface area (Å²) in [5.41, 5.74) is 0.133. The van der Waals surface area contributed by atoms with Gasteiger partial charge in [0.05, 0.1) is 11.3 Å². The van der Waals surface area contributed by atoms with Gasteiger partial charge in [-0.15, -0.1) is 5.10 Å². The van der Waals surface area contributed by atoms with Crippen LogP contribution in [-0.2, 0) is 17.8 Å². The van der Waals surface area contributed by atoms with Gasteiger partial charge in [0.2, 0.25) is 5.91 Å². The van der Waals surface area contributed by atoms with Gasteiger partial charge in [-0.3, -0.25) is 9.36 Å². The van der Waals surface area contributed by atoms with Crippen molar-refractivity contribution >= 4 is 17.7 Å². The van der Waals surface area contributed by atoms with Crippen molar-refractivity contribution in [2.45, 2.75) is 67.9 Å². The molecule has 1 amide bonds. The summed E-state index contributed by atoms with van der Waals surface area (Å²) in [5, 5.41) is 16.4. The Morgan fingerprint density at radius 1 is 1.34 bits per heavy atom. The minimum Gasteiger partial charge on any atom is -0.326 e. The zero-order valence-corrected chi connectivity index (χ0v) is 17.7. The van der Waals surface area contributed by atoms with E-state index < -0.39 is 10.8 Å². The van der Waals surface area contributed by atoms with E-state index in [4.69, 9.17) is 0 Å². The summed E-state index contributed by atoms with van der Waals surface area (Å²) in [6.07, 6.45) is 5.17. The van der Waals surface area contributed by atoms with Gasteiger partial charge in [0, 0.05) is 13.6 Å². The molecule has 2 aromatic rings. The maximum Gasteiger partial charge on any atom is 0.343 e. The second kappa shape index (κ2) is 9.31. The standard InChI is InChI=1S/C21H27N5O2S/c1-16(18(27)25(2)21(15-22)12-7-4-8-13-21)29-20-24-23-19(28)26(20)14-11-17-9-5-3-6-10-17/h3,5-6,9-10,16H,4,7-8,11-14H2,1-2H3,(H,23,28)/t16-/m1/s1. The van der Waals surface area contributed by atoms with E-state index in [1.54, 1.807) is 23.4 Å². The Labute approximate surface area is 175 Å². The van der Waals surface area contributed by atoms with Crippen LogP contribution in [0.25, 0.3) is 0 Å². The van der Waals surface area contributed by atoms with Crippen LogP contribution in [0.2, 0.25) is 0 Å². The van der Waals surface area contributed by atoms with Gasteiger partial charge in [-0.05, 0) is 31.7 Å². The molecule has 1 aromatic carbocycles. The van der Waals surface area contributed by atoms with Gasteiger partial charge in [0.25, 0.3) is 0 Å². The van der Waals surface area contributed by atoms with Crippen molar-refractivity contribution in [2.75, 3.05) is 7.05 Å². The zero-order chi connectivity index (χ0) is 20.9. The predicted molar refractivity (Wildman–Crippen MR) is 113 cm³/mol. The lowest BCUT2D eigenvalue weighted by Crippen LogP contribution is -2.52. The minimum atomic E-state index is -0.720. The number of nitrogens with one attached hydrogen (secondary N) is 1. The molecule has 29 heavy (non-hydrogen) atoms. The topological polar surface area (TPSA) is 94.8 Å². The molecular weight excluding hydrogens is 386 g/mol. The van der Waals surface area contributed by atoms with E-state index in [1.165, 1.54) is 11.8 Å². The fourth-order valence-electron chi connectivity index (χ4n) is 3.83. The lowest BCUT2D eigenvalue weighted by Gasteiger charge is -2.40. The Kier molecular flexibility index (Phi) is 6.80. The molecule has 0 saturated heterocycles. The number of benzene rings is 1. The highest BCUT2D eigenvalue weighted by Crippen LogP contribution is 2.34. The average molecular weight is 414 g/mol. The van der Waals surface area contributed by atoms with Crippen LogP contribution in [-0.4, -0.2) is 43.4 Å². The largest absolute Gasteiger partial charge is 0.343 e. The average Bonchev–Trinajstić information content (AvgIpc) is 3.11. The van der Waals surface area contributed by atoms with E-state index in [2.05, 4.69) is 16.3 Å². The first-order chi connectivity index (χ1) is 14.0. The molecule has 0 bridgehead atoms. The summed E-state index contributed by atoms with van der Waals surface area (Å²) in [5.74, 6) is -0.108. The zero-order valence-electron chi connectivity index (χ0n) is 16.9. The molecule has 8 heteroatoms. The highest BCUT2D eigenvalue weighted by molar-refractivity contribution is 8.00. The predicted octanol–water partition coefficient (Wildman–Crippen LogP) is 2.98. The molecule has 1 fully saturated rings. The highest BCUT2D eigenvalue weighted by Gasteiger charge is 2.40. The number of aromatic nitrogens is 3. The van der Waals surface area contributed by atoms with Crippen LogP contribution < -0.4 is 5.69 Å². The summed E-state index contributed by atoms with van der Waals surface area (Å²) in [4.78, 5) is 26.8. The smallest absolute Gasteiger partial charge is 0.326 e. The van der Waals surface area contributed by atoms with Crippen LogP contribution in [0.15, 0.2) is 40.3 Å². The first-order valence-electron chi connectivity index (χ1n) is 10.0. The molecule has 0 spiro atoms. The summed E-state index contributed by atoms with van der Waals surface area (Å²) < 4.78 is 1.57. The molecule has 0 radical (unpaired) electrons. The first kappa shape index (κ1) is 21.2. The molecule has 1 heterocycles. The molecule has 1 saturated carbocycles. The van der Waals surface area contributed by atoms with Gasteiger partial charge in [-0.1, -0.05) is 61.4 Å². The molecular formula is C21H27N5O2S. The van der Waals surface area contributed by atoms with Gasteiger partial charge < -0.3 is 4.90 Å². The number of hydrogen-bond donors (Lipinski definition) is 1. The van der Waals surface area contributed by atoms with Crippen LogP contribution in [0.5, 0.6) is 0 Å². The molecule has 7 nitrogen and oxygen atoms in total. The van der Waals surface area contributed by atoms with Gasteiger partial charge in [0.15, 0.2) is 5.16 Å². The summed E-state index contributed by atoms with van der Waals surface area (Å²) in [6.45, 7) is 2.29. The van der Waals surface area contributed by atoms with Crippen LogP contribution in [0, 0.1) is 11.3 Å². The van der Waals surface area contributed by atoms with E-state index in [-0.39, 0.29) is 11.6 Å². The van der Waals surface area contributed by atoms with E-state index in [9.17, 15) is 14.9 Å². The Morgan fingerprint density at radius 2 is 2.03 bits per heavy atom. The Hall–Kier alpha value is -2.53. The molecule has 154 valence electrons. The third kappa shape index (κ3) is 4.73. The third-order valence-corrected chi connectivity index (χ3v) is 6.76. The summed E-state index contributed by atoms with van der Waals surface area (Å²) >= 11 is 1.26. The number of thioether (sulfide) groups is 1. The maximum atomic E-state index is 13.0. The molecule has 0 aliphatic heterocycles. The number of carbonyl (C=O) groups excluding carboxylic acids is 1. The van der Waals surface area contributed by atoms with Crippen molar-refractivity contribution in [1.82, 2.24) is 19.7 Å². The quantitative estimate of drug-likeness (QED) is 0.704. The number of rotatable bonds is 7. The van der Waals surface area contributed by atoms with E-state index in [0.29, 0.717) is 31.0 Å².